The summed E-state index contributed by atoms with van der Waals surface area (Å²) in [6.45, 7) is 0. The van der Waals surface area contributed by atoms with E-state index in [4.69, 9.17) is 0 Å². The fourth-order valence-electron chi connectivity index (χ4n) is 1.57. The Bertz CT molecular complexity index is 671. The van der Waals surface area contributed by atoms with Crippen molar-refractivity contribution in [3.05, 3.63) is 50.5 Å². The van der Waals surface area contributed by atoms with Gasteiger partial charge in [-0.2, -0.15) is 0 Å². The Kier molecular flexibility index (Phi) is 3.94. The summed E-state index contributed by atoms with van der Waals surface area (Å²) in [5.74, 6) is -1.26. The quantitative estimate of drug-likeness (QED) is 0.531. The van der Waals surface area contributed by atoms with Crippen LogP contribution in [0.25, 0.3) is 0 Å². The zero-order chi connectivity index (χ0) is 14.7. The summed E-state index contributed by atoms with van der Waals surface area (Å²) in [5.41, 5.74) is 0.319. The first kappa shape index (κ1) is 13.9. The molecule has 0 saturated heterocycles. The van der Waals surface area contributed by atoms with Crippen molar-refractivity contribution in [3.63, 3.8) is 0 Å². The van der Waals surface area contributed by atoms with E-state index < -0.39 is 22.4 Å². The van der Waals surface area contributed by atoms with Crippen LogP contribution in [-0.4, -0.2) is 18.0 Å². The van der Waals surface area contributed by atoms with Gasteiger partial charge in [-0.3, -0.25) is 10.1 Å². The molecule has 1 aromatic carbocycles. The molecule has 6 nitrogen and oxygen atoms in total. The van der Waals surface area contributed by atoms with Crippen molar-refractivity contribution in [1.29, 1.82) is 0 Å². The SMILES string of the molecule is COC(=O)c1cscc1Nc1ccc(F)cc1[N+](=O)[O-]. The molecule has 0 atom stereocenters. The summed E-state index contributed by atoms with van der Waals surface area (Å²) in [4.78, 5) is 21.7. The first-order valence-corrected chi connectivity index (χ1v) is 6.32. The first-order valence-electron chi connectivity index (χ1n) is 5.38. The van der Waals surface area contributed by atoms with Crippen LogP contribution < -0.4 is 5.32 Å². The summed E-state index contributed by atoms with van der Waals surface area (Å²) < 4.78 is 17.6. The maximum atomic E-state index is 13.0. The predicted molar refractivity (Wildman–Crippen MR) is 72.0 cm³/mol. The number of anilines is 2. The molecule has 104 valence electrons. The molecular weight excluding hydrogens is 287 g/mol. The van der Waals surface area contributed by atoms with E-state index in [0.29, 0.717) is 5.69 Å². The Morgan fingerprint density at radius 3 is 2.80 bits per heavy atom. The van der Waals surface area contributed by atoms with Crippen LogP contribution >= 0.6 is 11.3 Å². The van der Waals surface area contributed by atoms with Crippen molar-refractivity contribution in [2.24, 2.45) is 0 Å². The molecule has 2 rings (SSSR count). The Hall–Kier alpha value is -2.48. The van der Waals surface area contributed by atoms with Crippen LogP contribution in [0.1, 0.15) is 10.4 Å². The van der Waals surface area contributed by atoms with Crippen LogP contribution in [0.3, 0.4) is 0 Å². The Balaban J connectivity index is 2.38. The first-order chi connectivity index (χ1) is 9.52. The van der Waals surface area contributed by atoms with Crippen LogP contribution in [0.2, 0.25) is 0 Å². The molecule has 0 bridgehead atoms. The largest absolute Gasteiger partial charge is 0.465 e. The van der Waals surface area contributed by atoms with E-state index in [2.05, 4.69) is 10.1 Å². The van der Waals surface area contributed by atoms with Gasteiger partial charge < -0.3 is 10.1 Å². The number of rotatable bonds is 4. The third-order valence-electron chi connectivity index (χ3n) is 2.49. The number of nitro groups is 1. The van der Waals surface area contributed by atoms with Gasteiger partial charge in [0.25, 0.3) is 5.69 Å². The minimum absolute atomic E-state index is 0.0972. The van der Waals surface area contributed by atoms with Crippen LogP contribution in [0.4, 0.5) is 21.5 Å². The van der Waals surface area contributed by atoms with E-state index in [1.165, 1.54) is 24.5 Å². The van der Waals surface area contributed by atoms with E-state index in [-0.39, 0.29) is 11.3 Å². The lowest BCUT2D eigenvalue weighted by Crippen LogP contribution is -2.04. The average Bonchev–Trinajstić information content (AvgIpc) is 2.87. The van der Waals surface area contributed by atoms with Gasteiger partial charge in [0, 0.05) is 10.8 Å². The van der Waals surface area contributed by atoms with Gasteiger partial charge in [-0.05, 0) is 12.1 Å². The molecule has 0 saturated carbocycles. The lowest BCUT2D eigenvalue weighted by molar-refractivity contribution is -0.384. The molecular formula is C12H9FN2O4S. The second-order valence-electron chi connectivity index (χ2n) is 3.73. The van der Waals surface area contributed by atoms with Crippen molar-refractivity contribution in [3.8, 4) is 0 Å². The smallest absolute Gasteiger partial charge is 0.340 e. The number of nitro benzene ring substituents is 1. The van der Waals surface area contributed by atoms with E-state index >= 15 is 0 Å². The summed E-state index contributed by atoms with van der Waals surface area (Å²) in [6, 6.07) is 3.15. The summed E-state index contributed by atoms with van der Waals surface area (Å²) in [6.07, 6.45) is 0. The maximum absolute atomic E-state index is 13.0. The zero-order valence-electron chi connectivity index (χ0n) is 10.3. The number of ether oxygens (including phenoxy) is 1. The number of hydrogen-bond acceptors (Lipinski definition) is 6. The lowest BCUT2D eigenvalue weighted by atomic mass is 10.2. The van der Waals surface area contributed by atoms with Gasteiger partial charge in [-0.25, -0.2) is 9.18 Å². The minimum Gasteiger partial charge on any atom is -0.465 e. The van der Waals surface area contributed by atoms with Crippen LogP contribution in [0.5, 0.6) is 0 Å². The van der Waals surface area contributed by atoms with Crippen LogP contribution in [0.15, 0.2) is 29.0 Å². The summed E-state index contributed by atoms with van der Waals surface area (Å²) in [7, 11) is 1.24. The molecule has 1 N–H and O–H groups in total. The molecule has 20 heavy (non-hydrogen) atoms. The van der Waals surface area contributed by atoms with E-state index in [0.717, 1.165) is 12.1 Å². The van der Waals surface area contributed by atoms with Gasteiger partial charge in [0.05, 0.1) is 29.4 Å². The fraction of sp³-hybridized carbons (Fsp3) is 0.0833. The number of benzene rings is 1. The highest BCUT2D eigenvalue weighted by Crippen LogP contribution is 2.31. The Labute approximate surface area is 117 Å². The number of thiophene rings is 1. The lowest BCUT2D eigenvalue weighted by Gasteiger charge is -2.07. The molecule has 0 spiro atoms. The monoisotopic (exact) mass is 296 g/mol. The molecule has 0 aliphatic heterocycles. The Morgan fingerprint density at radius 1 is 1.40 bits per heavy atom. The molecule has 0 aliphatic rings. The number of hydrogen-bond donors (Lipinski definition) is 1. The number of nitrogens with zero attached hydrogens (tertiary/aromatic N) is 1. The van der Waals surface area contributed by atoms with Crippen LogP contribution in [0, 0.1) is 15.9 Å². The van der Waals surface area contributed by atoms with Gasteiger partial charge in [0.15, 0.2) is 0 Å². The highest BCUT2D eigenvalue weighted by atomic mass is 32.1. The zero-order valence-corrected chi connectivity index (χ0v) is 11.1. The van der Waals surface area contributed by atoms with Crippen molar-refractivity contribution in [2.45, 2.75) is 0 Å². The van der Waals surface area contributed by atoms with Crippen molar-refractivity contribution in [1.82, 2.24) is 0 Å². The number of esters is 1. The van der Waals surface area contributed by atoms with Gasteiger partial charge in [0.1, 0.15) is 11.5 Å². The highest BCUT2D eigenvalue weighted by Gasteiger charge is 2.18. The molecule has 8 heteroatoms. The Morgan fingerprint density at radius 2 is 2.15 bits per heavy atom. The number of nitrogens with one attached hydrogen (secondary N) is 1. The number of halogens is 1. The maximum Gasteiger partial charge on any atom is 0.340 e. The molecule has 1 aromatic heterocycles. The van der Waals surface area contributed by atoms with Crippen molar-refractivity contribution >= 4 is 34.4 Å². The third-order valence-corrected chi connectivity index (χ3v) is 3.24. The molecule has 0 radical (unpaired) electrons. The van der Waals surface area contributed by atoms with Gasteiger partial charge in [-0.1, -0.05) is 0 Å². The van der Waals surface area contributed by atoms with Crippen molar-refractivity contribution < 1.29 is 18.8 Å². The highest BCUT2D eigenvalue weighted by molar-refractivity contribution is 7.08. The summed E-state index contributed by atoms with van der Waals surface area (Å²) in [5, 5.41) is 16.8. The minimum atomic E-state index is -0.708. The van der Waals surface area contributed by atoms with Gasteiger partial charge in [0.2, 0.25) is 0 Å². The van der Waals surface area contributed by atoms with Gasteiger partial charge in [-0.15, -0.1) is 11.3 Å². The molecule has 0 fully saturated rings. The second kappa shape index (κ2) is 5.66. The average molecular weight is 296 g/mol. The topological polar surface area (TPSA) is 81.5 Å². The van der Waals surface area contributed by atoms with E-state index in [1.807, 2.05) is 0 Å². The molecule has 0 unspecified atom stereocenters. The van der Waals surface area contributed by atoms with Crippen molar-refractivity contribution in [2.75, 3.05) is 12.4 Å². The molecule has 2 aromatic rings. The predicted octanol–water partition coefficient (Wildman–Crippen LogP) is 3.33. The number of carbonyl (C=O) groups is 1. The van der Waals surface area contributed by atoms with Gasteiger partial charge >= 0.3 is 5.97 Å². The second-order valence-corrected chi connectivity index (χ2v) is 4.48. The van der Waals surface area contributed by atoms with Crippen LogP contribution in [-0.2, 0) is 4.74 Å². The number of methoxy groups -OCH3 is 1. The fourth-order valence-corrected chi connectivity index (χ4v) is 2.32. The van der Waals surface area contributed by atoms with E-state index in [9.17, 15) is 19.3 Å². The molecule has 1 heterocycles. The molecule has 0 aliphatic carbocycles. The molecule has 0 amide bonds. The summed E-state index contributed by atoms with van der Waals surface area (Å²) >= 11 is 1.24. The third kappa shape index (κ3) is 2.75. The normalized spacial score (nSPS) is 10.1. The number of carbonyl (C=O) groups excluding carboxylic acids is 1. The standard InChI is InChI=1S/C12H9FN2O4S/c1-19-12(16)8-5-20-6-10(8)14-9-3-2-7(13)4-11(9)15(17)18/h2-6,14H,1H3. The van der Waals surface area contributed by atoms with E-state index in [1.54, 1.807) is 10.8 Å².